The summed E-state index contributed by atoms with van der Waals surface area (Å²) in [7, 11) is 0. The fraction of sp³-hybridized carbons (Fsp3) is 0.200. The van der Waals surface area contributed by atoms with Crippen molar-refractivity contribution in [1.82, 2.24) is 0 Å². The van der Waals surface area contributed by atoms with Gasteiger partial charge >= 0.3 is 0 Å². The van der Waals surface area contributed by atoms with Crippen molar-refractivity contribution in [3.63, 3.8) is 0 Å². The van der Waals surface area contributed by atoms with Crippen LogP contribution in [0.2, 0.25) is 5.02 Å². The van der Waals surface area contributed by atoms with Crippen molar-refractivity contribution in [2.24, 2.45) is 0 Å². The van der Waals surface area contributed by atoms with E-state index in [0.29, 0.717) is 11.1 Å². The first-order chi connectivity index (χ1) is 9.38. The molecule has 2 rings (SSSR count). The molecular weight excluding hydrogens is 289 g/mol. The lowest BCUT2D eigenvalue weighted by Gasteiger charge is -2.14. The van der Waals surface area contributed by atoms with E-state index in [2.05, 4.69) is 0 Å². The van der Waals surface area contributed by atoms with Gasteiger partial charge in [-0.3, -0.25) is 0 Å². The number of rotatable bonds is 3. The van der Waals surface area contributed by atoms with Crippen LogP contribution >= 0.6 is 11.6 Å². The van der Waals surface area contributed by atoms with Crippen LogP contribution in [0.4, 0.5) is 13.2 Å². The first kappa shape index (κ1) is 14.9. The summed E-state index contributed by atoms with van der Waals surface area (Å²) < 4.78 is 39.6. The number of aliphatic hydroxyl groups is 1. The monoisotopic (exact) mass is 300 g/mol. The van der Waals surface area contributed by atoms with Crippen LogP contribution in [0.5, 0.6) is 0 Å². The number of aliphatic hydroxyl groups excluding tert-OH is 1. The van der Waals surface area contributed by atoms with Crippen LogP contribution in [0.15, 0.2) is 30.3 Å². The maximum atomic E-state index is 13.5. The minimum Gasteiger partial charge on any atom is -0.388 e. The second-order valence-corrected chi connectivity index (χ2v) is 4.99. The predicted molar refractivity (Wildman–Crippen MR) is 71.2 cm³/mol. The largest absolute Gasteiger partial charge is 0.388 e. The summed E-state index contributed by atoms with van der Waals surface area (Å²) in [5, 5.41) is 10.2. The Morgan fingerprint density at radius 2 is 1.80 bits per heavy atom. The molecule has 0 saturated carbocycles. The lowest BCUT2D eigenvalue weighted by molar-refractivity contribution is 0.177. The molecule has 5 heteroatoms. The maximum Gasteiger partial charge on any atom is 0.129 e. The number of aryl methyl sites for hydroxylation is 1. The third-order valence-corrected chi connectivity index (χ3v) is 3.39. The smallest absolute Gasteiger partial charge is 0.129 e. The molecule has 106 valence electrons. The topological polar surface area (TPSA) is 20.2 Å². The minimum atomic E-state index is -1.10. The van der Waals surface area contributed by atoms with Gasteiger partial charge in [0.2, 0.25) is 0 Å². The summed E-state index contributed by atoms with van der Waals surface area (Å²) in [5.74, 6) is -1.89. The molecule has 0 fully saturated rings. The Morgan fingerprint density at radius 3 is 2.45 bits per heavy atom. The van der Waals surface area contributed by atoms with Gasteiger partial charge in [0.25, 0.3) is 0 Å². The predicted octanol–water partition coefficient (Wildman–Crippen LogP) is 4.34. The Hall–Kier alpha value is -1.52. The van der Waals surface area contributed by atoms with E-state index in [1.165, 1.54) is 12.1 Å². The second kappa shape index (κ2) is 5.85. The van der Waals surface area contributed by atoms with Gasteiger partial charge in [0.05, 0.1) is 6.10 Å². The van der Waals surface area contributed by atoms with Gasteiger partial charge in [-0.25, -0.2) is 13.2 Å². The van der Waals surface area contributed by atoms with Crippen LogP contribution in [0.25, 0.3) is 0 Å². The van der Waals surface area contributed by atoms with E-state index in [0.717, 1.165) is 18.2 Å². The lowest BCUT2D eigenvalue weighted by Crippen LogP contribution is -2.05. The van der Waals surface area contributed by atoms with Gasteiger partial charge in [-0.2, -0.15) is 0 Å². The summed E-state index contributed by atoms with van der Waals surface area (Å²) in [6.07, 6.45) is -1.17. The molecule has 0 heterocycles. The van der Waals surface area contributed by atoms with Crippen molar-refractivity contribution in [2.75, 3.05) is 0 Å². The molecule has 2 aromatic carbocycles. The highest BCUT2D eigenvalue weighted by Crippen LogP contribution is 2.29. The molecule has 0 aromatic heterocycles. The Balaban J connectivity index is 2.28. The zero-order valence-corrected chi connectivity index (χ0v) is 11.4. The summed E-state index contributed by atoms with van der Waals surface area (Å²) >= 11 is 5.87. The highest BCUT2D eigenvalue weighted by atomic mass is 35.5. The van der Waals surface area contributed by atoms with E-state index in [1.54, 1.807) is 6.92 Å². The molecular formula is C15H12ClF3O. The molecule has 0 aliphatic carbocycles. The van der Waals surface area contributed by atoms with E-state index >= 15 is 0 Å². The fourth-order valence-electron chi connectivity index (χ4n) is 1.94. The number of hydrogen-bond donors (Lipinski definition) is 1. The highest BCUT2D eigenvalue weighted by Gasteiger charge is 2.16. The van der Waals surface area contributed by atoms with Crippen molar-refractivity contribution in [2.45, 2.75) is 19.4 Å². The van der Waals surface area contributed by atoms with Gasteiger partial charge in [-0.15, -0.1) is 0 Å². The Morgan fingerprint density at radius 1 is 1.10 bits per heavy atom. The summed E-state index contributed by atoms with van der Waals surface area (Å²) in [6, 6.07) is 5.65. The Bertz CT molecular complexity index is 643. The van der Waals surface area contributed by atoms with Gasteiger partial charge in [-0.05, 0) is 41.8 Å². The van der Waals surface area contributed by atoms with Gasteiger partial charge in [0, 0.05) is 17.5 Å². The molecule has 0 bridgehead atoms. The molecule has 0 radical (unpaired) electrons. The lowest BCUT2D eigenvalue weighted by atomic mass is 9.99. The zero-order valence-electron chi connectivity index (χ0n) is 10.6. The molecule has 2 aromatic rings. The Kier molecular flexibility index (Phi) is 4.35. The van der Waals surface area contributed by atoms with Crippen molar-refractivity contribution >= 4 is 11.6 Å². The molecule has 20 heavy (non-hydrogen) atoms. The van der Waals surface area contributed by atoms with Crippen LogP contribution in [-0.4, -0.2) is 5.11 Å². The van der Waals surface area contributed by atoms with Crippen molar-refractivity contribution < 1.29 is 18.3 Å². The zero-order chi connectivity index (χ0) is 14.9. The van der Waals surface area contributed by atoms with Gasteiger partial charge in [0.15, 0.2) is 0 Å². The molecule has 1 atom stereocenters. The van der Waals surface area contributed by atoms with Gasteiger partial charge in [-0.1, -0.05) is 17.7 Å². The van der Waals surface area contributed by atoms with Crippen molar-refractivity contribution in [3.8, 4) is 0 Å². The van der Waals surface area contributed by atoms with E-state index < -0.39 is 23.6 Å². The quantitative estimate of drug-likeness (QED) is 0.894. The maximum absolute atomic E-state index is 13.5. The highest BCUT2D eigenvalue weighted by molar-refractivity contribution is 6.31. The molecule has 0 amide bonds. The van der Waals surface area contributed by atoms with Gasteiger partial charge in [0.1, 0.15) is 17.5 Å². The van der Waals surface area contributed by atoms with E-state index in [9.17, 15) is 18.3 Å². The summed E-state index contributed by atoms with van der Waals surface area (Å²) in [5.41, 5.74) is 0.814. The first-order valence-corrected chi connectivity index (χ1v) is 6.34. The SMILES string of the molecule is Cc1cc(C(O)Cc2ccc(F)cc2F)c(Cl)cc1F. The molecule has 1 nitrogen and oxygen atoms in total. The van der Waals surface area contributed by atoms with Crippen LogP contribution in [0.1, 0.15) is 22.8 Å². The van der Waals surface area contributed by atoms with E-state index in [4.69, 9.17) is 11.6 Å². The Labute approximate surface area is 119 Å². The van der Waals surface area contributed by atoms with Crippen molar-refractivity contribution in [1.29, 1.82) is 0 Å². The molecule has 1 N–H and O–H groups in total. The summed E-state index contributed by atoms with van der Waals surface area (Å²) in [6.45, 7) is 1.54. The third kappa shape index (κ3) is 3.14. The van der Waals surface area contributed by atoms with Crippen LogP contribution < -0.4 is 0 Å². The second-order valence-electron chi connectivity index (χ2n) is 4.58. The number of benzene rings is 2. The normalized spacial score (nSPS) is 12.5. The molecule has 0 saturated heterocycles. The van der Waals surface area contributed by atoms with E-state index in [1.807, 2.05) is 0 Å². The number of hydrogen-bond acceptors (Lipinski definition) is 1. The molecule has 0 aliphatic rings. The minimum absolute atomic E-state index is 0.0723. The molecule has 0 aliphatic heterocycles. The molecule has 1 unspecified atom stereocenters. The van der Waals surface area contributed by atoms with Crippen LogP contribution in [0.3, 0.4) is 0 Å². The van der Waals surface area contributed by atoms with Crippen LogP contribution in [-0.2, 0) is 6.42 Å². The first-order valence-electron chi connectivity index (χ1n) is 5.96. The average molecular weight is 301 g/mol. The average Bonchev–Trinajstić information content (AvgIpc) is 2.37. The number of halogens is 4. The molecule has 0 spiro atoms. The third-order valence-electron chi connectivity index (χ3n) is 3.07. The van der Waals surface area contributed by atoms with Gasteiger partial charge < -0.3 is 5.11 Å². The summed E-state index contributed by atoms with van der Waals surface area (Å²) in [4.78, 5) is 0. The van der Waals surface area contributed by atoms with Crippen molar-refractivity contribution in [3.05, 3.63) is 69.5 Å². The van der Waals surface area contributed by atoms with E-state index in [-0.39, 0.29) is 17.0 Å². The van der Waals surface area contributed by atoms with Crippen LogP contribution in [0, 0.1) is 24.4 Å². The fourth-order valence-corrected chi connectivity index (χ4v) is 2.22. The standard InChI is InChI=1S/C15H12ClF3O/c1-8-4-11(12(16)7-13(8)18)15(20)5-9-2-3-10(17)6-14(9)19/h2-4,6-7,15,20H,5H2,1H3.